The molecule has 0 saturated heterocycles. The van der Waals surface area contributed by atoms with Gasteiger partial charge in [-0.05, 0) is 80.8 Å². The number of aromatic nitrogens is 1. The van der Waals surface area contributed by atoms with Gasteiger partial charge in [0.05, 0.1) is 12.2 Å². The zero-order chi connectivity index (χ0) is 24.2. The predicted octanol–water partition coefficient (Wildman–Crippen LogP) is 6.60. The summed E-state index contributed by atoms with van der Waals surface area (Å²) in [4.78, 5) is 16.3. The Morgan fingerprint density at radius 2 is 1.79 bits per heavy atom. The normalized spacial score (nSPS) is 12.3. The zero-order valence-corrected chi connectivity index (χ0v) is 18.7. The number of aryl methyl sites for hydroxylation is 1. The van der Waals surface area contributed by atoms with Gasteiger partial charge in [-0.2, -0.15) is 13.2 Å². The van der Waals surface area contributed by atoms with Crippen LogP contribution in [-0.4, -0.2) is 17.6 Å². The van der Waals surface area contributed by atoms with Crippen LogP contribution in [0, 0.1) is 6.92 Å². The quantitative estimate of drug-likeness (QED) is 0.294. The van der Waals surface area contributed by atoms with Crippen molar-refractivity contribution in [2.24, 2.45) is 0 Å². The average Bonchev–Trinajstić information content (AvgIpc) is 3.25. The minimum atomic E-state index is -4.40. The molecule has 33 heavy (non-hydrogen) atoms. The van der Waals surface area contributed by atoms with Crippen molar-refractivity contribution >= 4 is 11.5 Å². The minimum absolute atomic E-state index is 0.104. The van der Waals surface area contributed by atoms with Gasteiger partial charge < -0.3 is 13.9 Å². The van der Waals surface area contributed by atoms with Gasteiger partial charge in [0.1, 0.15) is 24.3 Å². The second-order valence-corrected chi connectivity index (χ2v) is 7.51. The summed E-state index contributed by atoms with van der Waals surface area (Å²) in [6.45, 7) is 7.64. The molecule has 0 radical (unpaired) electrons. The summed E-state index contributed by atoms with van der Waals surface area (Å²) < 4.78 is 54.5. The standard InChI is InChI=1S/C25H24F3NO4/c1-5-31-24(30)17(4)16(3)19-10-15(2)11-22(12-19)32-13-21-14-33-23(29-21)18-6-8-20(9-7-18)25(26,27)28/h6-12,14H,5,13H2,1-4H3/b17-16+. The van der Waals surface area contributed by atoms with E-state index in [4.69, 9.17) is 13.9 Å². The van der Waals surface area contributed by atoms with Gasteiger partial charge >= 0.3 is 12.1 Å². The molecular formula is C25H24F3NO4. The summed E-state index contributed by atoms with van der Waals surface area (Å²) in [7, 11) is 0. The molecule has 0 amide bonds. The molecule has 3 rings (SSSR count). The predicted molar refractivity (Wildman–Crippen MR) is 117 cm³/mol. The van der Waals surface area contributed by atoms with Crippen molar-refractivity contribution in [3.63, 3.8) is 0 Å². The lowest BCUT2D eigenvalue weighted by Crippen LogP contribution is -2.07. The average molecular weight is 459 g/mol. The van der Waals surface area contributed by atoms with Crippen molar-refractivity contribution in [1.29, 1.82) is 0 Å². The number of hydrogen-bond donors (Lipinski definition) is 0. The third kappa shape index (κ3) is 6.03. The summed E-state index contributed by atoms with van der Waals surface area (Å²) in [5.74, 6) is 0.425. The highest BCUT2D eigenvalue weighted by atomic mass is 19.4. The molecule has 0 bridgehead atoms. The Bertz CT molecular complexity index is 1160. The maximum atomic E-state index is 12.7. The van der Waals surface area contributed by atoms with Gasteiger partial charge in [-0.3, -0.25) is 0 Å². The topological polar surface area (TPSA) is 61.6 Å². The number of carbonyl (C=O) groups is 1. The summed E-state index contributed by atoms with van der Waals surface area (Å²) >= 11 is 0. The van der Waals surface area contributed by atoms with Crippen molar-refractivity contribution in [2.75, 3.05) is 6.61 Å². The van der Waals surface area contributed by atoms with Crippen molar-refractivity contribution in [3.8, 4) is 17.2 Å². The molecule has 8 heteroatoms. The number of allylic oxidation sites excluding steroid dienone is 1. The van der Waals surface area contributed by atoms with E-state index in [1.807, 2.05) is 32.0 Å². The fourth-order valence-electron chi connectivity index (χ4n) is 3.12. The number of halogens is 3. The molecule has 1 aromatic heterocycles. The van der Waals surface area contributed by atoms with E-state index in [2.05, 4.69) is 4.98 Å². The highest BCUT2D eigenvalue weighted by molar-refractivity contribution is 5.96. The molecule has 5 nitrogen and oxygen atoms in total. The van der Waals surface area contributed by atoms with Crippen LogP contribution in [-0.2, 0) is 22.3 Å². The van der Waals surface area contributed by atoms with Crippen molar-refractivity contribution in [3.05, 3.63) is 76.7 Å². The van der Waals surface area contributed by atoms with E-state index < -0.39 is 11.7 Å². The largest absolute Gasteiger partial charge is 0.487 e. The van der Waals surface area contributed by atoms with E-state index >= 15 is 0 Å². The van der Waals surface area contributed by atoms with Gasteiger partial charge in [0, 0.05) is 11.1 Å². The lowest BCUT2D eigenvalue weighted by Gasteiger charge is -2.11. The minimum Gasteiger partial charge on any atom is -0.487 e. The molecular weight excluding hydrogens is 435 g/mol. The molecule has 0 spiro atoms. The molecule has 0 saturated carbocycles. The van der Waals surface area contributed by atoms with Crippen molar-refractivity contribution < 1.29 is 31.9 Å². The third-order valence-corrected chi connectivity index (χ3v) is 5.03. The maximum Gasteiger partial charge on any atom is 0.416 e. The van der Waals surface area contributed by atoms with E-state index in [9.17, 15) is 18.0 Å². The Morgan fingerprint density at radius 3 is 2.42 bits per heavy atom. The number of rotatable bonds is 7. The number of ether oxygens (including phenoxy) is 2. The van der Waals surface area contributed by atoms with Crippen LogP contribution in [0.5, 0.6) is 5.75 Å². The Kier molecular flexibility index (Phi) is 7.26. The van der Waals surface area contributed by atoms with Crippen LogP contribution >= 0.6 is 0 Å². The number of hydrogen-bond acceptors (Lipinski definition) is 5. The third-order valence-electron chi connectivity index (χ3n) is 5.03. The maximum absolute atomic E-state index is 12.7. The summed E-state index contributed by atoms with van der Waals surface area (Å²) in [6, 6.07) is 10.2. The first-order valence-electron chi connectivity index (χ1n) is 10.3. The van der Waals surface area contributed by atoms with Gasteiger partial charge in [-0.15, -0.1) is 0 Å². The molecule has 0 N–H and O–H groups in total. The van der Waals surface area contributed by atoms with E-state index in [0.717, 1.165) is 28.8 Å². The number of alkyl halides is 3. The van der Waals surface area contributed by atoms with Gasteiger partial charge in [-0.25, -0.2) is 9.78 Å². The molecule has 2 aromatic carbocycles. The molecule has 1 heterocycles. The second kappa shape index (κ2) is 9.94. The molecule has 174 valence electrons. The molecule has 3 aromatic rings. The van der Waals surface area contributed by atoms with Crippen molar-refractivity contribution in [2.45, 2.75) is 40.5 Å². The van der Waals surface area contributed by atoms with E-state index in [1.165, 1.54) is 18.4 Å². The van der Waals surface area contributed by atoms with Gasteiger partial charge in [-0.1, -0.05) is 6.07 Å². The fraction of sp³-hybridized carbons (Fsp3) is 0.280. The van der Waals surface area contributed by atoms with E-state index in [1.54, 1.807) is 13.8 Å². The first-order chi connectivity index (χ1) is 15.6. The van der Waals surface area contributed by atoms with Crippen LogP contribution in [0.4, 0.5) is 13.2 Å². The highest BCUT2D eigenvalue weighted by Crippen LogP contribution is 2.31. The number of nitrogens with zero attached hydrogens (tertiary/aromatic N) is 1. The lowest BCUT2D eigenvalue weighted by molar-refractivity contribution is -0.138. The molecule has 0 aliphatic rings. The second-order valence-electron chi connectivity index (χ2n) is 7.51. The van der Waals surface area contributed by atoms with Crippen molar-refractivity contribution in [1.82, 2.24) is 4.98 Å². The monoisotopic (exact) mass is 459 g/mol. The van der Waals surface area contributed by atoms with Crippen LogP contribution in [0.15, 0.2) is 58.7 Å². The van der Waals surface area contributed by atoms with E-state index in [0.29, 0.717) is 29.2 Å². The Hall–Kier alpha value is -3.55. The summed E-state index contributed by atoms with van der Waals surface area (Å²) in [6.07, 6.45) is -3.00. The Balaban J connectivity index is 1.73. The molecule has 0 aliphatic carbocycles. The van der Waals surface area contributed by atoms with Crippen LogP contribution in [0.3, 0.4) is 0 Å². The first-order valence-corrected chi connectivity index (χ1v) is 10.3. The lowest BCUT2D eigenvalue weighted by atomic mass is 10.00. The SMILES string of the molecule is CCOC(=O)/C(C)=C(\C)c1cc(C)cc(OCc2coc(-c3ccc(C(F)(F)F)cc3)n2)c1. The van der Waals surface area contributed by atoms with E-state index in [-0.39, 0.29) is 18.5 Å². The van der Waals surface area contributed by atoms with Crippen LogP contribution < -0.4 is 4.74 Å². The molecule has 0 fully saturated rings. The van der Waals surface area contributed by atoms with Gasteiger partial charge in [0.2, 0.25) is 5.89 Å². The number of oxazole rings is 1. The summed E-state index contributed by atoms with van der Waals surface area (Å²) in [5, 5.41) is 0. The van der Waals surface area contributed by atoms with Crippen LogP contribution in [0.25, 0.3) is 17.0 Å². The fourth-order valence-corrected chi connectivity index (χ4v) is 3.12. The Morgan fingerprint density at radius 1 is 1.09 bits per heavy atom. The van der Waals surface area contributed by atoms with Crippen LogP contribution in [0.2, 0.25) is 0 Å². The van der Waals surface area contributed by atoms with Gasteiger partial charge in [0.15, 0.2) is 0 Å². The molecule has 0 unspecified atom stereocenters. The number of esters is 1. The first kappa shape index (κ1) is 24.1. The molecule has 0 aliphatic heterocycles. The number of carbonyl (C=O) groups excluding carboxylic acids is 1. The zero-order valence-electron chi connectivity index (χ0n) is 18.7. The number of benzene rings is 2. The van der Waals surface area contributed by atoms with Crippen LogP contribution in [0.1, 0.15) is 43.2 Å². The Labute approximate surface area is 189 Å². The van der Waals surface area contributed by atoms with Gasteiger partial charge in [0.25, 0.3) is 0 Å². The smallest absolute Gasteiger partial charge is 0.416 e. The summed E-state index contributed by atoms with van der Waals surface area (Å²) in [5.41, 5.74) is 3.27. The molecule has 0 atom stereocenters. The highest BCUT2D eigenvalue weighted by Gasteiger charge is 2.30.